The molecule has 0 atom stereocenters. The van der Waals surface area contributed by atoms with Crippen LogP contribution in [0.3, 0.4) is 0 Å². The van der Waals surface area contributed by atoms with E-state index in [1.54, 1.807) is 7.11 Å². The fourth-order valence-electron chi connectivity index (χ4n) is 0.912. The number of hydrogen-bond donors (Lipinski definition) is 0. The van der Waals surface area contributed by atoms with Crippen molar-refractivity contribution in [3.63, 3.8) is 0 Å². The maximum absolute atomic E-state index is 8.41. The summed E-state index contributed by atoms with van der Waals surface area (Å²) in [5.74, 6) is 0. The van der Waals surface area contributed by atoms with Crippen LogP contribution >= 0.6 is 11.6 Å². The van der Waals surface area contributed by atoms with E-state index in [4.69, 9.17) is 21.6 Å². The second-order valence-electron chi connectivity index (χ2n) is 2.56. The van der Waals surface area contributed by atoms with Crippen molar-refractivity contribution in [1.29, 1.82) is 5.26 Å². The molecule has 3 nitrogen and oxygen atoms in total. The van der Waals surface area contributed by atoms with Crippen molar-refractivity contribution in [3.8, 4) is 6.07 Å². The van der Waals surface area contributed by atoms with E-state index >= 15 is 0 Å². The topological polar surface area (TPSA) is 36.3 Å². The molecule has 0 amide bonds. The average molecular weight is 203 g/mol. The number of halogens is 1. The van der Waals surface area contributed by atoms with Gasteiger partial charge in [0.2, 0.25) is 0 Å². The Labute approximate surface area is 84.5 Å². The molecule has 4 heteroatoms. The first-order valence-corrected chi connectivity index (χ1v) is 4.62. The van der Waals surface area contributed by atoms with Crippen molar-refractivity contribution in [1.82, 2.24) is 4.90 Å². The zero-order chi connectivity index (χ0) is 9.94. The molecule has 0 fully saturated rings. The largest absolute Gasteiger partial charge is 0.383 e. The van der Waals surface area contributed by atoms with Gasteiger partial charge in [-0.15, -0.1) is 0 Å². The summed E-state index contributed by atoms with van der Waals surface area (Å²) in [6, 6.07) is 2.11. The van der Waals surface area contributed by atoms with Crippen LogP contribution in [-0.2, 0) is 4.74 Å². The van der Waals surface area contributed by atoms with Gasteiger partial charge in [-0.3, -0.25) is 4.90 Å². The van der Waals surface area contributed by atoms with Crippen LogP contribution in [0.25, 0.3) is 0 Å². The first kappa shape index (κ1) is 12.4. The van der Waals surface area contributed by atoms with Crippen LogP contribution in [0.2, 0.25) is 0 Å². The average Bonchev–Trinajstić information content (AvgIpc) is 2.17. The quantitative estimate of drug-likeness (QED) is 0.629. The second-order valence-corrected chi connectivity index (χ2v) is 2.82. The molecular formula is C9H15ClN2O. The van der Waals surface area contributed by atoms with E-state index in [2.05, 4.69) is 11.0 Å². The van der Waals surface area contributed by atoms with Gasteiger partial charge in [-0.1, -0.05) is 17.7 Å². The van der Waals surface area contributed by atoms with Gasteiger partial charge in [-0.25, -0.2) is 0 Å². The molecule has 0 spiro atoms. The molecule has 0 heterocycles. The van der Waals surface area contributed by atoms with Crippen molar-refractivity contribution in [2.24, 2.45) is 0 Å². The number of hydrogen-bond acceptors (Lipinski definition) is 3. The van der Waals surface area contributed by atoms with E-state index < -0.39 is 0 Å². The zero-order valence-corrected chi connectivity index (χ0v) is 8.63. The lowest BCUT2D eigenvalue weighted by Gasteiger charge is -2.18. The maximum Gasteiger partial charge on any atom is 0.0635 e. The normalized spacial score (nSPS) is 10.9. The molecule has 0 aliphatic rings. The van der Waals surface area contributed by atoms with Crippen molar-refractivity contribution in [3.05, 3.63) is 11.6 Å². The van der Waals surface area contributed by atoms with E-state index in [0.29, 0.717) is 13.0 Å². The third kappa shape index (κ3) is 7.79. The Morgan fingerprint density at radius 3 is 2.85 bits per heavy atom. The van der Waals surface area contributed by atoms with Crippen LogP contribution in [0.4, 0.5) is 0 Å². The van der Waals surface area contributed by atoms with Crippen LogP contribution in [0, 0.1) is 11.3 Å². The minimum atomic E-state index is 0.542. The molecule has 0 saturated heterocycles. The summed E-state index contributed by atoms with van der Waals surface area (Å²) in [5.41, 5.74) is 1.49. The molecule has 0 aliphatic heterocycles. The molecule has 0 unspecified atom stereocenters. The van der Waals surface area contributed by atoms with Gasteiger partial charge in [0, 0.05) is 38.7 Å². The zero-order valence-electron chi connectivity index (χ0n) is 7.87. The summed E-state index contributed by atoms with van der Waals surface area (Å²) < 4.78 is 4.95. The highest BCUT2D eigenvalue weighted by molar-refractivity contribution is 6.25. The van der Waals surface area contributed by atoms with Crippen molar-refractivity contribution in [2.45, 2.75) is 6.42 Å². The minimum Gasteiger partial charge on any atom is -0.383 e. The van der Waals surface area contributed by atoms with Crippen LogP contribution in [0.15, 0.2) is 11.6 Å². The van der Waals surface area contributed by atoms with Crippen LogP contribution in [-0.4, -0.2) is 38.3 Å². The van der Waals surface area contributed by atoms with Gasteiger partial charge >= 0.3 is 0 Å². The fourth-order valence-corrected chi connectivity index (χ4v) is 0.991. The van der Waals surface area contributed by atoms with Crippen molar-refractivity contribution >= 4 is 11.6 Å². The van der Waals surface area contributed by atoms with E-state index in [0.717, 1.165) is 19.6 Å². The third-order valence-corrected chi connectivity index (χ3v) is 1.78. The smallest absolute Gasteiger partial charge is 0.0635 e. The number of ether oxygens (including phenoxy) is 1. The molecule has 74 valence electrons. The molecule has 0 aromatic heterocycles. The predicted molar refractivity (Wildman–Crippen MR) is 53.5 cm³/mol. The molecule has 0 saturated carbocycles. The summed E-state index contributed by atoms with van der Waals surface area (Å²) in [7, 11) is 1.67. The monoisotopic (exact) mass is 202 g/mol. The van der Waals surface area contributed by atoms with E-state index in [1.165, 1.54) is 5.54 Å². The molecule has 0 radical (unpaired) electrons. The summed E-state index contributed by atoms with van der Waals surface area (Å²) in [6.07, 6.45) is 2.40. The Morgan fingerprint density at radius 2 is 2.31 bits per heavy atom. The Hall–Kier alpha value is -0.560. The van der Waals surface area contributed by atoms with Gasteiger partial charge in [-0.2, -0.15) is 5.26 Å². The van der Waals surface area contributed by atoms with E-state index in [1.807, 2.05) is 6.08 Å². The Morgan fingerprint density at radius 1 is 1.54 bits per heavy atom. The van der Waals surface area contributed by atoms with E-state index in [9.17, 15) is 0 Å². The van der Waals surface area contributed by atoms with E-state index in [-0.39, 0.29) is 0 Å². The molecule has 0 N–H and O–H groups in total. The number of nitriles is 1. The van der Waals surface area contributed by atoms with Crippen molar-refractivity contribution in [2.75, 3.05) is 33.4 Å². The van der Waals surface area contributed by atoms with Crippen LogP contribution in [0.5, 0.6) is 0 Å². The third-order valence-electron chi connectivity index (χ3n) is 1.60. The molecule has 0 rings (SSSR count). The number of methoxy groups -OCH3 is 1. The first-order valence-electron chi connectivity index (χ1n) is 4.18. The van der Waals surface area contributed by atoms with Crippen LogP contribution in [0.1, 0.15) is 6.42 Å². The highest BCUT2D eigenvalue weighted by Crippen LogP contribution is 1.92. The molecule has 0 aromatic carbocycles. The molecular weight excluding hydrogens is 188 g/mol. The summed E-state index contributed by atoms with van der Waals surface area (Å²) >= 11 is 5.41. The lowest BCUT2D eigenvalue weighted by atomic mass is 10.4. The SMILES string of the molecule is COCCN(CC=CCl)CCC#N. The van der Waals surface area contributed by atoms with Gasteiger partial charge in [0.25, 0.3) is 0 Å². The Bertz CT molecular complexity index is 177. The number of nitrogens with zero attached hydrogens (tertiary/aromatic N) is 2. The predicted octanol–water partition coefficient (Wildman–Crippen LogP) is 1.60. The molecule has 0 aromatic rings. The fraction of sp³-hybridized carbons (Fsp3) is 0.667. The highest BCUT2D eigenvalue weighted by atomic mass is 35.5. The number of rotatable bonds is 7. The first-order chi connectivity index (χ1) is 6.35. The van der Waals surface area contributed by atoms with Gasteiger partial charge in [-0.05, 0) is 0 Å². The van der Waals surface area contributed by atoms with Gasteiger partial charge in [0.1, 0.15) is 0 Å². The molecule has 0 bridgehead atoms. The highest BCUT2D eigenvalue weighted by Gasteiger charge is 2.00. The lowest BCUT2D eigenvalue weighted by molar-refractivity contribution is 0.155. The summed E-state index contributed by atoms with van der Waals surface area (Å²) in [4.78, 5) is 2.12. The maximum atomic E-state index is 8.41. The minimum absolute atomic E-state index is 0.542. The van der Waals surface area contributed by atoms with Crippen LogP contribution < -0.4 is 0 Å². The molecule has 13 heavy (non-hydrogen) atoms. The van der Waals surface area contributed by atoms with Gasteiger partial charge in [0.15, 0.2) is 0 Å². The second kappa shape index (κ2) is 9.53. The van der Waals surface area contributed by atoms with Crippen molar-refractivity contribution < 1.29 is 4.74 Å². The summed E-state index contributed by atoms with van der Waals surface area (Å²) in [5, 5.41) is 8.41. The Balaban J connectivity index is 3.67. The van der Waals surface area contributed by atoms with Gasteiger partial charge < -0.3 is 4.74 Å². The summed E-state index contributed by atoms with van der Waals surface area (Å²) in [6.45, 7) is 3.05. The lowest BCUT2D eigenvalue weighted by Crippen LogP contribution is -2.28. The Kier molecular flexibility index (Phi) is 9.12. The van der Waals surface area contributed by atoms with Gasteiger partial charge in [0.05, 0.1) is 12.7 Å². The standard InChI is InChI=1S/C9H15ClN2O/c1-13-9-8-12(6-2-4-10)7-3-5-11/h2,4H,3,6-9H2,1H3. The molecule has 0 aliphatic carbocycles.